The van der Waals surface area contributed by atoms with Gasteiger partial charge in [0.2, 0.25) is 0 Å². The van der Waals surface area contributed by atoms with Crippen molar-refractivity contribution in [2.24, 2.45) is 0 Å². The molecule has 1 amide bonds. The van der Waals surface area contributed by atoms with E-state index in [9.17, 15) is 4.79 Å². The summed E-state index contributed by atoms with van der Waals surface area (Å²) in [6.45, 7) is 9.67. The standard InChI is InChI=1S/C17H25N5O2/c1-10(2)15-14(16(24)18-11(3)6-7-23)9-22(21-15)17-19-12(4)8-13(5)20-17/h8-11,23H,6-7H2,1-5H3,(H,18,24). The summed E-state index contributed by atoms with van der Waals surface area (Å²) in [6, 6.07) is 1.78. The van der Waals surface area contributed by atoms with E-state index in [4.69, 9.17) is 5.11 Å². The number of aromatic nitrogens is 4. The lowest BCUT2D eigenvalue weighted by molar-refractivity contribution is 0.0933. The van der Waals surface area contributed by atoms with Gasteiger partial charge in [-0.2, -0.15) is 5.10 Å². The Hall–Kier alpha value is -2.28. The van der Waals surface area contributed by atoms with Crippen molar-refractivity contribution in [1.82, 2.24) is 25.1 Å². The van der Waals surface area contributed by atoms with Crippen LogP contribution in [-0.4, -0.2) is 43.4 Å². The smallest absolute Gasteiger partial charge is 0.254 e. The van der Waals surface area contributed by atoms with Gasteiger partial charge in [-0.15, -0.1) is 0 Å². The van der Waals surface area contributed by atoms with Gasteiger partial charge in [-0.1, -0.05) is 13.8 Å². The summed E-state index contributed by atoms with van der Waals surface area (Å²) in [4.78, 5) is 21.3. The van der Waals surface area contributed by atoms with E-state index in [-0.39, 0.29) is 24.5 Å². The van der Waals surface area contributed by atoms with Gasteiger partial charge in [-0.3, -0.25) is 4.79 Å². The Morgan fingerprint density at radius 2 is 1.88 bits per heavy atom. The van der Waals surface area contributed by atoms with Crippen molar-refractivity contribution in [1.29, 1.82) is 0 Å². The maximum Gasteiger partial charge on any atom is 0.254 e. The molecule has 0 aliphatic carbocycles. The minimum absolute atomic E-state index is 0.0359. The Morgan fingerprint density at radius 1 is 1.25 bits per heavy atom. The zero-order valence-corrected chi connectivity index (χ0v) is 14.9. The van der Waals surface area contributed by atoms with Crippen LogP contribution in [0.15, 0.2) is 12.3 Å². The van der Waals surface area contributed by atoms with Crippen molar-refractivity contribution in [2.75, 3.05) is 6.61 Å². The summed E-state index contributed by atoms with van der Waals surface area (Å²) >= 11 is 0. The molecular formula is C17H25N5O2. The number of aryl methyl sites for hydroxylation is 2. The van der Waals surface area contributed by atoms with Crippen LogP contribution in [0.3, 0.4) is 0 Å². The van der Waals surface area contributed by atoms with Crippen molar-refractivity contribution in [3.8, 4) is 5.95 Å². The second-order valence-corrected chi connectivity index (χ2v) is 6.36. The van der Waals surface area contributed by atoms with E-state index >= 15 is 0 Å². The number of aliphatic hydroxyl groups excluding tert-OH is 1. The number of carbonyl (C=O) groups excluding carboxylic acids is 1. The third-order valence-electron chi connectivity index (χ3n) is 3.65. The highest BCUT2D eigenvalue weighted by Gasteiger charge is 2.21. The van der Waals surface area contributed by atoms with Gasteiger partial charge in [0.05, 0.1) is 11.3 Å². The Labute approximate surface area is 142 Å². The van der Waals surface area contributed by atoms with E-state index in [2.05, 4.69) is 20.4 Å². The number of hydrogen-bond acceptors (Lipinski definition) is 5. The molecule has 2 rings (SSSR count). The van der Waals surface area contributed by atoms with Crippen molar-refractivity contribution >= 4 is 5.91 Å². The Kier molecular flexibility index (Phi) is 5.66. The molecule has 1 unspecified atom stereocenters. The van der Waals surface area contributed by atoms with E-state index in [0.29, 0.717) is 23.6 Å². The lowest BCUT2D eigenvalue weighted by Crippen LogP contribution is -2.33. The second-order valence-electron chi connectivity index (χ2n) is 6.36. The molecule has 1 atom stereocenters. The van der Waals surface area contributed by atoms with Gasteiger partial charge in [-0.25, -0.2) is 14.6 Å². The molecular weight excluding hydrogens is 306 g/mol. The Morgan fingerprint density at radius 3 is 2.42 bits per heavy atom. The summed E-state index contributed by atoms with van der Waals surface area (Å²) in [5, 5.41) is 16.4. The van der Waals surface area contributed by atoms with Crippen LogP contribution in [-0.2, 0) is 0 Å². The highest BCUT2D eigenvalue weighted by atomic mass is 16.3. The SMILES string of the molecule is Cc1cc(C)nc(-n2cc(C(=O)NC(C)CCO)c(C(C)C)n2)n1. The average Bonchev–Trinajstić information content (AvgIpc) is 2.91. The average molecular weight is 331 g/mol. The maximum atomic E-state index is 12.5. The van der Waals surface area contributed by atoms with Gasteiger partial charge in [0, 0.05) is 30.2 Å². The first kappa shape index (κ1) is 18.1. The van der Waals surface area contributed by atoms with Crippen molar-refractivity contribution in [2.45, 2.75) is 53.0 Å². The number of carbonyl (C=O) groups is 1. The third kappa shape index (κ3) is 4.17. The number of aliphatic hydroxyl groups is 1. The molecule has 2 aromatic heterocycles. The molecule has 2 heterocycles. The molecule has 0 spiro atoms. The quantitative estimate of drug-likeness (QED) is 0.843. The van der Waals surface area contributed by atoms with Gasteiger partial charge < -0.3 is 10.4 Å². The molecule has 0 radical (unpaired) electrons. The summed E-state index contributed by atoms with van der Waals surface area (Å²) < 4.78 is 1.56. The van der Waals surface area contributed by atoms with Crippen LogP contribution < -0.4 is 5.32 Å². The Balaban J connectivity index is 2.38. The number of nitrogens with zero attached hydrogens (tertiary/aromatic N) is 4. The topological polar surface area (TPSA) is 92.9 Å². The van der Waals surface area contributed by atoms with Gasteiger partial charge in [0.25, 0.3) is 11.9 Å². The Bertz CT molecular complexity index is 704. The molecule has 7 nitrogen and oxygen atoms in total. The first-order valence-corrected chi connectivity index (χ1v) is 8.15. The fraction of sp³-hybridized carbons (Fsp3) is 0.529. The van der Waals surface area contributed by atoms with Crippen LogP contribution in [0, 0.1) is 13.8 Å². The molecule has 0 aliphatic rings. The number of nitrogens with one attached hydrogen (secondary N) is 1. The van der Waals surface area contributed by atoms with Gasteiger partial charge in [-0.05, 0) is 39.2 Å². The fourth-order valence-corrected chi connectivity index (χ4v) is 2.47. The number of amides is 1. The third-order valence-corrected chi connectivity index (χ3v) is 3.65. The molecule has 2 N–H and O–H groups in total. The van der Waals surface area contributed by atoms with E-state index in [1.165, 1.54) is 0 Å². The number of rotatable bonds is 6. The van der Waals surface area contributed by atoms with Crippen LogP contribution in [0.4, 0.5) is 0 Å². The van der Waals surface area contributed by atoms with Gasteiger partial charge >= 0.3 is 0 Å². The van der Waals surface area contributed by atoms with Crippen LogP contribution in [0.5, 0.6) is 0 Å². The lowest BCUT2D eigenvalue weighted by Gasteiger charge is -2.12. The monoisotopic (exact) mass is 331 g/mol. The van der Waals surface area contributed by atoms with E-state index in [1.54, 1.807) is 10.9 Å². The molecule has 7 heteroatoms. The molecule has 24 heavy (non-hydrogen) atoms. The van der Waals surface area contributed by atoms with Crippen LogP contribution in [0.25, 0.3) is 5.95 Å². The molecule has 0 fully saturated rings. The summed E-state index contributed by atoms with van der Waals surface area (Å²) in [7, 11) is 0. The van der Waals surface area contributed by atoms with Crippen LogP contribution in [0.2, 0.25) is 0 Å². The molecule has 0 saturated carbocycles. The predicted molar refractivity (Wildman–Crippen MR) is 91.3 cm³/mol. The van der Waals surface area contributed by atoms with Gasteiger partial charge in [0.1, 0.15) is 0 Å². The summed E-state index contributed by atoms with van der Waals surface area (Å²) in [6.07, 6.45) is 2.18. The molecule has 0 saturated heterocycles. The predicted octanol–water partition coefficient (Wildman–Crippen LogP) is 1.90. The largest absolute Gasteiger partial charge is 0.396 e. The summed E-state index contributed by atoms with van der Waals surface area (Å²) in [5.74, 6) is 0.346. The fourth-order valence-electron chi connectivity index (χ4n) is 2.47. The molecule has 0 aliphatic heterocycles. The molecule has 130 valence electrons. The van der Waals surface area contributed by atoms with Crippen molar-refractivity contribution in [3.05, 3.63) is 34.9 Å². The highest BCUT2D eigenvalue weighted by Crippen LogP contribution is 2.19. The van der Waals surface area contributed by atoms with Crippen molar-refractivity contribution in [3.63, 3.8) is 0 Å². The minimum Gasteiger partial charge on any atom is -0.396 e. The zero-order valence-electron chi connectivity index (χ0n) is 14.9. The maximum absolute atomic E-state index is 12.5. The highest BCUT2D eigenvalue weighted by molar-refractivity contribution is 5.95. The van der Waals surface area contributed by atoms with Crippen LogP contribution in [0.1, 0.15) is 60.5 Å². The van der Waals surface area contributed by atoms with E-state index in [1.807, 2.05) is 40.7 Å². The zero-order chi connectivity index (χ0) is 17.9. The van der Waals surface area contributed by atoms with Gasteiger partial charge in [0.15, 0.2) is 0 Å². The second kappa shape index (κ2) is 7.53. The lowest BCUT2D eigenvalue weighted by atomic mass is 10.1. The first-order valence-electron chi connectivity index (χ1n) is 8.15. The molecule has 0 aromatic carbocycles. The molecule has 2 aromatic rings. The van der Waals surface area contributed by atoms with E-state index in [0.717, 1.165) is 11.4 Å². The normalized spacial score (nSPS) is 12.5. The van der Waals surface area contributed by atoms with Crippen LogP contribution >= 0.6 is 0 Å². The first-order chi connectivity index (χ1) is 11.3. The summed E-state index contributed by atoms with van der Waals surface area (Å²) in [5.41, 5.74) is 2.91. The van der Waals surface area contributed by atoms with E-state index < -0.39 is 0 Å². The minimum atomic E-state index is -0.199. The molecule has 0 bridgehead atoms. The van der Waals surface area contributed by atoms with Crippen molar-refractivity contribution < 1.29 is 9.90 Å². The number of hydrogen-bond donors (Lipinski definition) is 2.